The summed E-state index contributed by atoms with van der Waals surface area (Å²) in [5.41, 5.74) is 4.32. The molecule has 2 aromatic heterocycles. The highest BCUT2D eigenvalue weighted by atomic mass is 16.5. The molecule has 0 spiro atoms. The highest BCUT2D eigenvalue weighted by Gasteiger charge is 2.12. The topological polar surface area (TPSA) is 64.9 Å². The van der Waals surface area contributed by atoms with Crippen LogP contribution in [-0.4, -0.2) is 26.9 Å². The van der Waals surface area contributed by atoms with Gasteiger partial charge in [0.2, 0.25) is 11.8 Å². The van der Waals surface area contributed by atoms with E-state index in [4.69, 9.17) is 9.84 Å². The van der Waals surface area contributed by atoms with E-state index in [9.17, 15) is 0 Å². The zero-order valence-corrected chi connectivity index (χ0v) is 15.6. The van der Waals surface area contributed by atoms with Crippen LogP contribution in [0.25, 0.3) is 11.3 Å². The Bertz CT molecular complexity index is 1030. The molecule has 0 aliphatic heterocycles. The summed E-state index contributed by atoms with van der Waals surface area (Å²) in [5.74, 6) is 1.05. The van der Waals surface area contributed by atoms with E-state index in [0.29, 0.717) is 18.4 Å². The van der Waals surface area contributed by atoms with Gasteiger partial charge in [-0.1, -0.05) is 60.7 Å². The molecule has 28 heavy (non-hydrogen) atoms. The number of aromatic nitrogens is 4. The quantitative estimate of drug-likeness (QED) is 0.532. The first-order chi connectivity index (χ1) is 13.8. The molecule has 1 N–H and O–H groups in total. The summed E-state index contributed by atoms with van der Waals surface area (Å²) in [6.07, 6.45) is 3.74. The van der Waals surface area contributed by atoms with Crippen molar-refractivity contribution in [2.45, 2.75) is 13.1 Å². The van der Waals surface area contributed by atoms with E-state index in [1.807, 2.05) is 41.1 Å². The fraction of sp³-hybridized carbons (Fsp3) is 0.136. The molecule has 0 atom stereocenters. The predicted octanol–water partition coefficient (Wildman–Crippen LogP) is 4.01. The third-order valence-electron chi connectivity index (χ3n) is 4.35. The maximum Gasteiger partial charge on any atom is 0.226 e. The van der Waals surface area contributed by atoms with Gasteiger partial charge in [0.1, 0.15) is 0 Å². The molecule has 0 amide bonds. The number of nitrogens with zero attached hydrogens (tertiary/aromatic N) is 4. The van der Waals surface area contributed by atoms with E-state index in [-0.39, 0.29) is 0 Å². The van der Waals surface area contributed by atoms with Gasteiger partial charge in [-0.05, 0) is 5.56 Å². The number of hydrogen-bond acceptors (Lipinski definition) is 5. The van der Waals surface area contributed by atoms with Crippen molar-refractivity contribution in [1.29, 1.82) is 0 Å². The zero-order valence-electron chi connectivity index (χ0n) is 15.6. The molecular formula is C22H21N5O. The van der Waals surface area contributed by atoms with Crippen LogP contribution < -0.4 is 10.1 Å². The number of benzene rings is 2. The number of hydrogen-bond donors (Lipinski definition) is 1. The molecule has 0 aliphatic carbocycles. The Labute approximate surface area is 163 Å². The highest BCUT2D eigenvalue weighted by molar-refractivity contribution is 5.63. The fourth-order valence-electron chi connectivity index (χ4n) is 3.00. The van der Waals surface area contributed by atoms with Crippen molar-refractivity contribution in [3.05, 3.63) is 90.3 Å². The molecule has 0 fully saturated rings. The SMILES string of the molecule is COc1ccnc(NCc2cn(Cc3ccccc3)nc2-c2ccccc2)n1. The number of ether oxygens (including phenoxy) is 1. The lowest BCUT2D eigenvalue weighted by atomic mass is 10.1. The minimum absolute atomic E-state index is 0.522. The Morgan fingerprint density at radius 3 is 2.46 bits per heavy atom. The molecule has 4 aromatic rings. The highest BCUT2D eigenvalue weighted by Crippen LogP contribution is 2.23. The van der Waals surface area contributed by atoms with Crippen molar-refractivity contribution in [3.63, 3.8) is 0 Å². The van der Waals surface area contributed by atoms with Crippen molar-refractivity contribution in [2.24, 2.45) is 0 Å². The molecule has 140 valence electrons. The standard InChI is InChI=1S/C22H21N5O/c1-28-20-12-13-23-22(25-20)24-14-19-16-27(15-17-8-4-2-5-9-17)26-21(19)18-10-6-3-7-11-18/h2-13,16H,14-15H2,1H3,(H,23,24,25). The van der Waals surface area contributed by atoms with E-state index in [1.54, 1.807) is 19.4 Å². The summed E-state index contributed by atoms with van der Waals surface area (Å²) < 4.78 is 7.14. The van der Waals surface area contributed by atoms with Gasteiger partial charge in [0.05, 0.1) is 19.3 Å². The van der Waals surface area contributed by atoms with Gasteiger partial charge in [-0.2, -0.15) is 10.1 Å². The number of anilines is 1. The molecule has 2 aromatic carbocycles. The molecule has 0 saturated heterocycles. The van der Waals surface area contributed by atoms with Crippen molar-refractivity contribution in [1.82, 2.24) is 19.7 Å². The van der Waals surface area contributed by atoms with Gasteiger partial charge in [0, 0.05) is 36.1 Å². The van der Waals surface area contributed by atoms with E-state index in [1.165, 1.54) is 5.56 Å². The molecular weight excluding hydrogens is 350 g/mol. The van der Waals surface area contributed by atoms with E-state index in [0.717, 1.165) is 23.4 Å². The lowest BCUT2D eigenvalue weighted by molar-refractivity contribution is 0.397. The summed E-state index contributed by atoms with van der Waals surface area (Å²) in [6, 6.07) is 22.2. The lowest BCUT2D eigenvalue weighted by Gasteiger charge is -2.06. The van der Waals surface area contributed by atoms with Gasteiger partial charge in [-0.3, -0.25) is 4.68 Å². The summed E-state index contributed by atoms with van der Waals surface area (Å²) >= 11 is 0. The van der Waals surface area contributed by atoms with Crippen LogP contribution in [0.5, 0.6) is 5.88 Å². The summed E-state index contributed by atoms with van der Waals surface area (Å²) in [7, 11) is 1.59. The molecule has 6 nitrogen and oxygen atoms in total. The maximum absolute atomic E-state index is 5.16. The van der Waals surface area contributed by atoms with Crippen molar-refractivity contribution >= 4 is 5.95 Å². The third kappa shape index (κ3) is 4.17. The Kier molecular flexibility index (Phi) is 5.29. The first kappa shape index (κ1) is 17.7. The van der Waals surface area contributed by atoms with Crippen LogP contribution >= 0.6 is 0 Å². The minimum atomic E-state index is 0.522. The van der Waals surface area contributed by atoms with Crippen LogP contribution in [0.2, 0.25) is 0 Å². The Hall–Kier alpha value is -3.67. The fourth-order valence-corrected chi connectivity index (χ4v) is 3.00. The van der Waals surface area contributed by atoms with Crippen LogP contribution in [0.15, 0.2) is 79.1 Å². The van der Waals surface area contributed by atoms with Crippen LogP contribution in [0, 0.1) is 0 Å². The molecule has 0 aliphatic rings. The molecule has 2 heterocycles. The zero-order chi connectivity index (χ0) is 19.2. The molecule has 0 radical (unpaired) electrons. The summed E-state index contributed by atoms with van der Waals surface area (Å²) in [5, 5.41) is 8.10. The van der Waals surface area contributed by atoms with Gasteiger partial charge in [-0.25, -0.2) is 4.98 Å². The van der Waals surface area contributed by atoms with Crippen LogP contribution in [0.3, 0.4) is 0 Å². The molecule has 6 heteroatoms. The van der Waals surface area contributed by atoms with Crippen LogP contribution in [0.1, 0.15) is 11.1 Å². The van der Waals surface area contributed by atoms with Crippen molar-refractivity contribution in [3.8, 4) is 17.1 Å². The molecule has 4 rings (SSSR count). The Balaban J connectivity index is 1.60. The molecule has 0 saturated carbocycles. The number of rotatable bonds is 7. The monoisotopic (exact) mass is 371 g/mol. The van der Waals surface area contributed by atoms with Gasteiger partial charge in [0.15, 0.2) is 0 Å². The smallest absolute Gasteiger partial charge is 0.226 e. The number of nitrogens with one attached hydrogen (secondary N) is 1. The minimum Gasteiger partial charge on any atom is -0.481 e. The normalized spacial score (nSPS) is 10.6. The molecule has 0 unspecified atom stereocenters. The Morgan fingerprint density at radius 2 is 1.71 bits per heavy atom. The van der Waals surface area contributed by atoms with Gasteiger partial charge >= 0.3 is 0 Å². The van der Waals surface area contributed by atoms with Crippen LogP contribution in [-0.2, 0) is 13.1 Å². The molecule has 0 bridgehead atoms. The maximum atomic E-state index is 5.16. The Morgan fingerprint density at radius 1 is 0.964 bits per heavy atom. The van der Waals surface area contributed by atoms with Crippen molar-refractivity contribution < 1.29 is 4.74 Å². The lowest BCUT2D eigenvalue weighted by Crippen LogP contribution is -2.04. The average molecular weight is 371 g/mol. The average Bonchev–Trinajstić information content (AvgIpc) is 3.16. The summed E-state index contributed by atoms with van der Waals surface area (Å²) in [4.78, 5) is 8.56. The second kappa shape index (κ2) is 8.35. The van der Waals surface area contributed by atoms with E-state index < -0.39 is 0 Å². The second-order valence-corrected chi connectivity index (χ2v) is 6.33. The third-order valence-corrected chi connectivity index (χ3v) is 4.35. The first-order valence-corrected chi connectivity index (χ1v) is 9.08. The van der Waals surface area contributed by atoms with Gasteiger partial charge in [0.25, 0.3) is 0 Å². The second-order valence-electron chi connectivity index (χ2n) is 6.33. The van der Waals surface area contributed by atoms with E-state index in [2.05, 4.69) is 45.7 Å². The summed E-state index contributed by atoms with van der Waals surface area (Å²) in [6.45, 7) is 1.28. The van der Waals surface area contributed by atoms with Crippen LogP contribution in [0.4, 0.5) is 5.95 Å². The van der Waals surface area contributed by atoms with Gasteiger partial charge < -0.3 is 10.1 Å². The van der Waals surface area contributed by atoms with Gasteiger partial charge in [-0.15, -0.1) is 0 Å². The predicted molar refractivity (Wildman–Crippen MR) is 109 cm³/mol. The number of methoxy groups -OCH3 is 1. The van der Waals surface area contributed by atoms with E-state index >= 15 is 0 Å². The first-order valence-electron chi connectivity index (χ1n) is 9.08. The van der Waals surface area contributed by atoms with Crippen molar-refractivity contribution in [2.75, 3.05) is 12.4 Å². The largest absolute Gasteiger partial charge is 0.481 e.